The van der Waals surface area contributed by atoms with Gasteiger partial charge in [0.25, 0.3) is 0 Å². The minimum atomic E-state index is 0.667. The number of piperidine rings is 1. The predicted molar refractivity (Wildman–Crippen MR) is 82.2 cm³/mol. The van der Waals surface area contributed by atoms with Gasteiger partial charge in [0.05, 0.1) is 0 Å². The second-order valence-corrected chi connectivity index (χ2v) is 6.01. The Bertz CT molecular complexity index is 392. The number of benzene rings is 1. The second kappa shape index (κ2) is 6.58. The molecule has 0 spiro atoms. The van der Waals surface area contributed by atoms with E-state index in [4.69, 9.17) is 0 Å². The molecule has 1 heterocycles. The van der Waals surface area contributed by atoms with Crippen molar-refractivity contribution >= 4 is 21.6 Å². The molecule has 1 atom stereocenters. The number of nitrogens with zero attached hydrogens (tertiary/aromatic N) is 1. The Balaban J connectivity index is 2.24. The van der Waals surface area contributed by atoms with Crippen molar-refractivity contribution < 1.29 is 0 Å². The standard InChI is InChI=1S/C15H23BrN2/c1-3-17-11-13-10-14(16)7-8-15(13)18-9-5-4-6-12(18)2/h7-8,10,12,17H,3-6,9,11H2,1-2H3. The van der Waals surface area contributed by atoms with E-state index in [0.717, 1.165) is 13.1 Å². The third-order valence-electron chi connectivity index (χ3n) is 3.72. The topological polar surface area (TPSA) is 15.3 Å². The van der Waals surface area contributed by atoms with Crippen LogP contribution < -0.4 is 10.2 Å². The Labute approximate surface area is 119 Å². The third-order valence-corrected chi connectivity index (χ3v) is 4.21. The minimum absolute atomic E-state index is 0.667. The number of rotatable bonds is 4. The van der Waals surface area contributed by atoms with Crippen molar-refractivity contribution in [3.05, 3.63) is 28.2 Å². The molecule has 1 aromatic rings. The van der Waals surface area contributed by atoms with Gasteiger partial charge in [0.15, 0.2) is 0 Å². The summed E-state index contributed by atoms with van der Waals surface area (Å²) in [5.41, 5.74) is 2.81. The molecule has 0 saturated carbocycles. The monoisotopic (exact) mass is 310 g/mol. The van der Waals surface area contributed by atoms with Gasteiger partial charge in [-0.2, -0.15) is 0 Å². The van der Waals surface area contributed by atoms with Crippen LogP contribution in [-0.2, 0) is 6.54 Å². The highest BCUT2D eigenvalue weighted by molar-refractivity contribution is 9.10. The van der Waals surface area contributed by atoms with Gasteiger partial charge in [-0.3, -0.25) is 0 Å². The average molecular weight is 311 g/mol. The van der Waals surface area contributed by atoms with Crippen LogP contribution in [0.15, 0.2) is 22.7 Å². The van der Waals surface area contributed by atoms with Crippen LogP contribution in [0.2, 0.25) is 0 Å². The maximum absolute atomic E-state index is 3.58. The Morgan fingerprint density at radius 1 is 1.39 bits per heavy atom. The smallest absolute Gasteiger partial charge is 0.0415 e. The van der Waals surface area contributed by atoms with Crippen LogP contribution in [0.3, 0.4) is 0 Å². The lowest BCUT2D eigenvalue weighted by Gasteiger charge is -2.36. The van der Waals surface area contributed by atoms with E-state index in [1.165, 1.54) is 41.5 Å². The first kappa shape index (κ1) is 13.9. The van der Waals surface area contributed by atoms with Gasteiger partial charge in [-0.25, -0.2) is 0 Å². The summed E-state index contributed by atoms with van der Waals surface area (Å²) in [6, 6.07) is 7.34. The third kappa shape index (κ3) is 3.27. The van der Waals surface area contributed by atoms with Gasteiger partial charge < -0.3 is 10.2 Å². The SMILES string of the molecule is CCNCc1cc(Br)ccc1N1CCCCC1C. The van der Waals surface area contributed by atoms with Gasteiger partial charge >= 0.3 is 0 Å². The number of hydrogen-bond acceptors (Lipinski definition) is 2. The predicted octanol–water partition coefficient (Wildman–Crippen LogP) is 3.94. The van der Waals surface area contributed by atoms with Gasteiger partial charge in [0.2, 0.25) is 0 Å². The first-order valence-corrected chi connectivity index (χ1v) is 7.77. The lowest BCUT2D eigenvalue weighted by Crippen LogP contribution is -2.38. The van der Waals surface area contributed by atoms with E-state index < -0.39 is 0 Å². The summed E-state index contributed by atoms with van der Waals surface area (Å²) in [5, 5.41) is 3.44. The molecule has 2 rings (SSSR count). The largest absolute Gasteiger partial charge is 0.369 e. The zero-order valence-electron chi connectivity index (χ0n) is 11.4. The van der Waals surface area contributed by atoms with Crippen molar-refractivity contribution in [2.75, 3.05) is 18.0 Å². The molecule has 0 amide bonds. The van der Waals surface area contributed by atoms with Crippen LogP contribution in [0, 0.1) is 0 Å². The first-order valence-electron chi connectivity index (χ1n) is 6.98. The fourth-order valence-electron chi connectivity index (χ4n) is 2.69. The van der Waals surface area contributed by atoms with Gasteiger partial charge in [0, 0.05) is 29.3 Å². The fraction of sp³-hybridized carbons (Fsp3) is 0.600. The van der Waals surface area contributed by atoms with Crippen LogP contribution in [0.5, 0.6) is 0 Å². The number of nitrogens with one attached hydrogen (secondary N) is 1. The summed E-state index contributed by atoms with van der Waals surface area (Å²) >= 11 is 3.58. The Kier molecular flexibility index (Phi) is 5.07. The highest BCUT2D eigenvalue weighted by Gasteiger charge is 2.20. The number of anilines is 1. The van der Waals surface area contributed by atoms with Crippen molar-refractivity contribution in [1.29, 1.82) is 0 Å². The summed E-state index contributed by atoms with van der Waals surface area (Å²) in [6.45, 7) is 7.66. The molecule has 0 aromatic heterocycles. The van der Waals surface area contributed by atoms with E-state index in [1.54, 1.807) is 0 Å². The molecule has 1 aliphatic heterocycles. The molecule has 1 unspecified atom stereocenters. The molecular formula is C15H23BrN2. The summed E-state index contributed by atoms with van der Waals surface area (Å²) < 4.78 is 1.17. The van der Waals surface area contributed by atoms with Crippen LogP contribution in [0.25, 0.3) is 0 Å². The van der Waals surface area contributed by atoms with E-state index in [9.17, 15) is 0 Å². The normalized spacial score (nSPS) is 20.2. The molecule has 1 N–H and O–H groups in total. The zero-order valence-corrected chi connectivity index (χ0v) is 13.0. The molecule has 1 aromatic carbocycles. The molecule has 0 aliphatic carbocycles. The quantitative estimate of drug-likeness (QED) is 0.906. The highest BCUT2D eigenvalue weighted by atomic mass is 79.9. The molecule has 100 valence electrons. The van der Waals surface area contributed by atoms with E-state index in [0.29, 0.717) is 6.04 Å². The van der Waals surface area contributed by atoms with E-state index in [2.05, 4.69) is 58.2 Å². The summed E-state index contributed by atoms with van der Waals surface area (Å²) in [4.78, 5) is 2.57. The fourth-order valence-corrected chi connectivity index (χ4v) is 3.10. The molecule has 1 saturated heterocycles. The molecule has 2 nitrogen and oxygen atoms in total. The summed E-state index contributed by atoms with van der Waals surface area (Å²) in [7, 11) is 0. The minimum Gasteiger partial charge on any atom is -0.369 e. The molecular weight excluding hydrogens is 288 g/mol. The van der Waals surface area contributed by atoms with E-state index in [1.807, 2.05) is 0 Å². The second-order valence-electron chi connectivity index (χ2n) is 5.09. The van der Waals surface area contributed by atoms with Crippen LogP contribution >= 0.6 is 15.9 Å². The molecule has 18 heavy (non-hydrogen) atoms. The maximum atomic E-state index is 3.58. The van der Waals surface area contributed by atoms with Crippen molar-refractivity contribution in [2.24, 2.45) is 0 Å². The first-order chi connectivity index (χ1) is 8.72. The van der Waals surface area contributed by atoms with Gasteiger partial charge in [-0.15, -0.1) is 0 Å². The van der Waals surface area contributed by atoms with E-state index in [-0.39, 0.29) is 0 Å². The molecule has 0 bridgehead atoms. The van der Waals surface area contributed by atoms with Crippen molar-refractivity contribution in [1.82, 2.24) is 5.32 Å². The Hall–Kier alpha value is -0.540. The van der Waals surface area contributed by atoms with Crippen LogP contribution in [-0.4, -0.2) is 19.1 Å². The lowest BCUT2D eigenvalue weighted by atomic mass is 10.0. The molecule has 0 radical (unpaired) electrons. The van der Waals surface area contributed by atoms with Gasteiger partial charge in [0.1, 0.15) is 0 Å². The Morgan fingerprint density at radius 2 is 2.22 bits per heavy atom. The van der Waals surface area contributed by atoms with Gasteiger partial charge in [-0.05, 0) is 56.5 Å². The molecule has 1 fully saturated rings. The maximum Gasteiger partial charge on any atom is 0.0415 e. The zero-order chi connectivity index (χ0) is 13.0. The summed E-state index contributed by atoms with van der Waals surface area (Å²) in [5.74, 6) is 0. The number of hydrogen-bond donors (Lipinski definition) is 1. The lowest BCUT2D eigenvalue weighted by molar-refractivity contribution is 0.483. The van der Waals surface area contributed by atoms with E-state index >= 15 is 0 Å². The Morgan fingerprint density at radius 3 is 2.94 bits per heavy atom. The van der Waals surface area contributed by atoms with Crippen molar-refractivity contribution in [3.63, 3.8) is 0 Å². The summed E-state index contributed by atoms with van der Waals surface area (Å²) in [6.07, 6.45) is 4.01. The number of halogens is 1. The molecule has 3 heteroatoms. The highest BCUT2D eigenvalue weighted by Crippen LogP contribution is 2.30. The van der Waals surface area contributed by atoms with Crippen LogP contribution in [0.1, 0.15) is 38.7 Å². The molecule has 1 aliphatic rings. The van der Waals surface area contributed by atoms with Crippen molar-refractivity contribution in [2.45, 2.75) is 45.7 Å². The van der Waals surface area contributed by atoms with Crippen molar-refractivity contribution in [3.8, 4) is 0 Å². The van der Waals surface area contributed by atoms with Gasteiger partial charge in [-0.1, -0.05) is 22.9 Å². The average Bonchev–Trinajstić information content (AvgIpc) is 2.37. The van der Waals surface area contributed by atoms with Crippen LogP contribution in [0.4, 0.5) is 5.69 Å².